The summed E-state index contributed by atoms with van der Waals surface area (Å²) in [4.78, 5) is 16.1. The van der Waals surface area contributed by atoms with Crippen molar-refractivity contribution in [3.05, 3.63) is 22.9 Å². The highest BCUT2D eigenvalue weighted by Crippen LogP contribution is 2.24. The monoisotopic (exact) mass is 272 g/mol. The standard InChI is InChI=1S/C15H20N4O/c1-10(2)8-17-14(20)9-18-15-12(7-16)6-11-4-3-5-13(11)19-15/h6,10H,3-5,8-9H2,1-2H3,(H,17,20)(H,18,19). The first kappa shape index (κ1) is 14.3. The average molecular weight is 272 g/mol. The zero-order chi connectivity index (χ0) is 14.5. The molecular weight excluding hydrogens is 252 g/mol. The van der Waals surface area contributed by atoms with Crippen molar-refractivity contribution in [2.24, 2.45) is 5.92 Å². The second kappa shape index (κ2) is 6.38. The van der Waals surface area contributed by atoms with Crippen molar-refractivity contribution in [1.82, 2.24) is 10.3 Å². The molecule has 1 aliphatic carbocycles. The number of nitriles is 1. The van der Waals surface area contributed by atoms with E-state index in [4.69, 9.17) is 5.26 Å². The molecule has 1 aromatic rings. The number of hydrogen-bond donors (Lipinski definition) is 2. The van der Waals surface area contributed by atoms with Gasteiger partial charge in [-0.3, -0.25) is 4.79 Å². The molecule has 2 N–H and O–H groups in total. The van der Waals surface area contributed by atoms with E-state index in [1.165, 1.54) is 0 Å². The number of anilines is 1. The Morgan fingerprint density at radius 1 is 1.50 bits per heavy atom. The van der Waals surface area contributed by atoms with Crippen LogP contribution in [0.3, 0.4) is 0 Å². The van der Waals surface area contributed by atoms with Crippen LogP contribution in [0, 0.1) is 17.2 Å². The van der Waals surface area contributed by atoms with Crippen LogP contribution in [0.1, 0.15) is 37.1 Å². The number of aromatic nitrogens is 1. The lowest BCUT2D eigenvalue weighted by molar-refractivity contribution is -0.119. The molecule has 0 spiro atoms. The van der Waals surface area contributed by atoms with E-state index in [2.05, 4.69) is 21.7 Å². The van der Waals surface area contributed by atoms with E-state index in [9.17, 15) is 4.79 Å². The summed E-state index contributed by atoms with van der Waals surface area (Å²) in [6.07, 6.45) is 3.03. The van der Waals surface area contributed by atoms with Crippen LogP contribution in [0.15, 0.2) is 6.07 Å². The Kier molecular flexibility index (Phi) is 4.57. The molecule has 0 saturated carbocycles. The number of amides is 1. The summed E-state index contributed by atoms with van der Waals surface area (Å²) >= 11 is 0. The minimum Gasteiger partial charge on any atom is -0.360 e. The van der Waals surface area contributed by atoms with E-state index < -0.39 is 0 Å². The van der Waals surface area contributed by atoms with Gasteiger partial charge in [0.2, 0.25) is 5.91 Å². The van der Waals surface area contributed by atoms with Crippen LogP contribution in [0.25, 0.3) is 0 Å². The molecule has 1 aromatic heterocycles. The Balaban J connectivity index is 1.99. The molecule has 106 valence electrons. The van der Waals surface area contributed by atoms with Crippen LogP contribution >= 0.6 is 0 Å². The van der Waals surface area contributed by atoms with Gasteiger partial charge in [-0.05, 0) is 36.8 Å². The zero-order valence-corrected chi connectivity index (χ0v) is 12.0. The highest BCUT2D eigenvalue weighted by molar-refractivity contribution is 5.80. The summed E-state index contributed by atoms with van der Waals surface area (Å²) in [6, 6.07) is 4.04. The van der Waals surface area contributed by atoms with Gasteiger partial charge in [0.05, 0.1) is 12.1 Å². The summed E-state index contributed by atoms with van der Waals surface area (Å²) < 4.78 is 0. The summed E-state index contributed by atoms with van der Waals surface area (Å²) in [6.45, 7) is 4.89. The number of rotatable bonds is 5. The number of nitrogens with zero attached hydrogens (tertiary/aromatic N) is 2. The highest BCUT2D eigenvalue weighted by atomic mass is 16.1. The molecule has 0 aliphatic heterocycles. The molecule has 0 bridgehead atoms. The van der Waals surface area contributed by atoms with Crippen LogP contribution < -0.4 is 10.6 Å². The van der Waals surface area contributed by atoms with E-state index in [1.54, 1.807) is 0 Å². The highest BCUT2D eigenvalue weighted by Gasteiger charge is 2.16. The molecule has 20 heavy (non-hydrogen) atoms. The third-order valence-corrected chi connectivity index (χ3v) is 3.30. The van der Waals surface area contributed by atoms with Gasteiger partial charge in [-0.15, -0.1) is 0 Å². The van der Waals surface area contributed by atoms with Crippen molar-refractivity contribution >= 4 is 11.7 Å². The minimum absolute atomic E-state index is 0.0788. The quantitative estimate of drug-likeness (QED) is 0.854. The van der Waals surface area contributed by atoms with Crippen molar-refractivity contribution in [3.63, 3.8) is 0 Å². The summed E-state index contributed by atoms with van der Waals surface area (Å²) in [7, 11) is 0. The normalized spacial score (nSPS) is 12.9. The fraction of sp³-hybridized carbons (Fsp3) is 0.533. The Morgan fingerprint density at radius 3 is 3.00 bits per heavy atom. The zero-order valence-electron chi connectivity index (χ0n) is 12.0. The van der Waals surface area contributed by atoms with Crippen LogP contribution in [0.2, 0.25) is 0 Å². The van der Waals surface area contributed by atoms with Gasteiger partial charge in [-0.2, -0.15) is 5.26 Å². The fourth-order valence-electron chi connectivity index (χ4n) is 2.24. The second-order valence-corrected chi connectivity index (χ2v) is 5.51. The lowest BCUT2D eigenvalue weighted by Gasteiger charge is -2.11. The maximum atomic E-state index is 11.7. The van der Waals surface area contributed by atoms with E-state index in [-0.39, 0.29) is 12.5 Å². The average Bonchev–Trinajstić information content (AvgIpc) is 2.88. The molecular formula is C15H20N4O. The molecule has 1 amide bonds. The van der Waals surface area contributed by atoms with Crippen LogP contribution in [0.4, 0.5) is 5.82 Å². The smallest absolute Gasteiger partial charge is 0.239 e. The molecule has 2 rings (SSSR count). The van der Waals surface area contributed by atoms with Crippen LogP contribution in [-0.2, 0) is 17.6 Å². The molecule has 1 aliphatic rings. The number of hydrogen-bond acceptors (Lipinski definition) is 4. The number of aryl methyl sites for hydroxylation is 2. The molecule has 0 atom stereocenters. The van der Waals surface area contributed by atoms with Gasteiger partial charge in [-0.1, -0.05) is 13.8 Å². The Bertz CT molecular complexity index is 546. The van der Waals surface area contributed by atoms with Crippen LogP contribution in [0.5, 0.6) is 0 Å². The lowest BCUT2D eigenvalue weighted by Crippen LogP contribution is -2.32. The maximum absolute atomic E-state index is 11.7. The maximum Gasteiger partial charge on any atom is 0.239 e. The van der Waals surface area contributed by atoms with E-state index in [0.29, 0.717) is 23.8 Å². The predicted molar refractivity (Wildman–Crippen MR) is 77.3 cm³/mol. The third kappa shape index (κ3) is 3.47. The number of carbonyl (C=O) groups excluding carboxylic acids is 1. The van der Waals surface area contributed by atoms with Gasteiger partial charge in [0.25, 0.3) is 0 Å². The number of pyridine rings is 1. The molecule has 0 radical (unpaired) electrons. The van der Waals surface area contributed by atoms with Gasteiger partial charge in [0.1, 0.15) is 11.9 Å². The Labute approximate surface area is 119 Å². The topological polar surface area (TPSA) is 77.8 Å². The summed E-state index contributed by atoms with van der Waals surface area (Å²) in [5.74, 6) is 0.865. The SMILES string of the molecule is CC(C)CNC(=O)CNc1nc2c(cc1C#N)CCC2. The predicted octanol–water partition coefficient (Wildman–Crippen LogP) is 1.63. The van der Waals surface area contributed by atoms with Gasteiger partial charge < -0.3 is 10.6 Å². The van der Waals surface area contributed by atoms with Crippen molar-refractivity contribution in [2.75, 3.05) is 18.4 Å². The molecule has 0 saturated heterocycles. The molecule has 0 fully saturated rings. The fourth-order valence-corrected chi connectivity index (χ4v) is 2.24. The molecule has 5 heteroatoms. The van der Waals surface area contributed by atoms with Crippen molar-refractivity contribution in [2.45, 2.75) is 33.1 Å². The Morgan fingerprint density at radius 2 is 2.30 bits per heavy atom. The first-order valence-electron chi connectivity index (χ1n) is 7.03. The van der Waals surface area contributed by atoms with Gasteiger partial charge in [0, 0.05) is 12.2 Å². The second-order valence-electron chi connectivity index (χ2n) is 5.51. The summed E-state index contributed by atoms with van der Waals surface area (Å²) in [5.41, 5.74) is 2.73. The van der Waals surface area contributed by atoms with E-state index in [1.807, 2.05) is 19.9 Å². The first-order valence-corrected chi connectivity index (χ1v) is 7.03. The largest absolute Gasteiger partial charge is 0.360 e. The third-order valence-electron chi connectivity index (χ3n) is 3.30. The van der Waals surface area contributed by atoms with E-state index >= 15 is 0 Å². The number of carbonyl (C=O) groups is 1. The molecule has 0 aromatic carbocycles. The molecule has 1 heterocycles. The van der Waals surface area contributed by atoms with Gasteiger partial charge in [0.15, 0.2) is 0 Å². The molecule has 0 unspecified atom stereocenters. The van der Waals surface area contributed by atoms with E-state index in [0.717, 1.165) is 30.5 Å². The van der Waals surface area contributed by atoms with Gasteiger partial charge >= 0.3 is 0 Å². The van der Waals surface area contributed by atoms with Gasteiger partial charge in [-0.25, -0.2) is 4.98 Å². The minimum atomic E-state index is -0.0788. The number of fused-ring (bicyclic) bond motifs is 1. The Hall–Kier alpha value is -2.09. The van der Waals surface area contributed by atoms with Crippen molar-refractivity contribution in [1.29, 1.82) is 5.26 Å². The molecule has 5 nitrogen and oxygen atoms in total. The first-order chi connectivity index (χ1) is 9.60. The van der Waals surface area contributed by atoms with Crippen molar-refractivity contribution in [3.8, 4) is 6.07 Å². The summed E-state index contributed by atoms with van der Waals surface area (Å²) in [5, 5.41) is 15.0. The van der Waals surface area contributed by atoms with Crippen molar-refractivity contribution < 1.29 is 4.79 Å². The van der Waals surface area contributed by atoms with Crippen LogP contribution in [-0.4, -0.2) is 24.0 Å². The number of nitrogens with one attached hydrogen (secondary N) is 2. The lowest BCUT2D eigenvalue weighted by atomic mass is 10.1.